The Labute approximate surface area is 115 Å². The minimum Gasteiger partial charge on any atom is -0.480 e. The molecule has 0 amide bonds. The molecule has 0 bridgehead atoms. The number of carbonyl (C=O) groups excluding carboxylic acids is 1. The number of Topliss-reactive ketones (excluding diaryl/α,β-unsaturated/α-hetero) is 1. The lowest BCUT2D eigenvalue weighted by molar-refractivity contribution is -0.138. The molecule has 0 aliphatic heterocycles. The first-order chi connectivity index (χ1) is 9.04. The second kappa shape index (κ2) is 5.46. The SMILES string of the molecule is N[C@@H](Cc1c(C(=O)CS)[nH]c2ccccc12)C(=O)O. The lowest BCUT2D eigenvalue weighted by Gasteiger charge is -2.07. The van der Waals surface area contributed by atoms with Crippen molar-refractivity contribution in [2.75, 3.05) is 5.75 Å². The quantitative estimate of drug-likeness (QED) is 0.488. The molecule has 5 nitrogen and oxygen atoms in total. The molecule has 1 aromatic carbocycles. The summed E-state index contributed by atoms with van der Waals surface area (Å²) in [6.45, 7) is 0. The first-order valence-corrected chi connectivity index (χ1v) is 6.40. The number of carbonyl (C=O) groups is 2. The molecule has 2 rings (SSSR count). The molecule has 0 aliphatic rings. The van der Waals surface area contributed by atoms with E-state index in [1.165, 1.54) is 0 Å². The van der Waals surface area contributed by atoms with Crippen LogP contribution in [0.3, 0.4) is 0 Å². The number of hydrogen-bond donors (Lipinski definition) is 4. The Morgan fingerprint density at radius 1 is 1.37 bits per heavy atom. The van der Waals surface area contributed by atoms with Crippen molar-refractivity contribution in [3.63, 3.8) is 0 Å². The zero-order chi connectivity index (χ0) is 14.0. The average Bonchev–Trinajstić information content (AvgIpc) is 2.77. The number of H-pyrrole nitrogens is 1. The van der Waals surface area contributed by atoms with Gasteiger partial charge in [-0.15, -0.1) is 0 Å². The Morgan fingerprint density at radius 3 is 2.68 bits per heavy atom. The van der Waals surface area contributed by atoms with Crippen LogP contribution in [0.15, 0.2) is 24.3 Å². The summed E-state index contributed by atoms with van der Waals surface area (Å²) < 4.78 is 0. The first-order valence-electron chi connectivity index (χ1n) is 5.76. The van der Waals surface area contributed by atoms with E-state index in [1.54, 1.807) is 0 Å². The second-order valence-electron chi connectivity index (χ2n) is 4.25. The smallest absolute Gasteiger partial charge is 0.320 e. The summed E-state index contributed by atoms with van der Waals surface area (Å²) in [5.41, 5.74) is 7.40. The maximum Gasteiger partial charge on any atom is 0.320 e. The van der Waals surface area contributed by atoms with E-state index in [-0.39, 0.29) is 18.0 Å². The summed E-state index contributed by atoms with van der Waals surface area (Å²) in [7, 11) is 0. The largest absolute Gasteiger partial charge is 0.480 e. The van der Waals surface area contributed by atoms with E-state index < -0.39 is 12.0 Å². The van der Waals surface area contributed by atoms with Gasteiger partial charge in [-0.05, 0) is 11.6 Å². The van der Waals surface area contributed by atoms with Crippen LogP contribution >= 0.6 is 12.6 Å². The number of hydrogen-bond acceptors (Lipinski definition) is 4. The highest BCUT2D eigenvalue weighted by molar-refractivity contribution is 7.81. The van der Waals surface area contributed by atoms with Gasteiger partial charge in [0.1, 0.15) is 6.04 Å². The van der Waals surface area contributed by atoms with Gasteiger partial charge in [0.2, 0.25) is 0 Å². The number of carboxylic acid groups (broad SMARTS) is 1. The molecule has 0 radical (unpaired) electrons. The standard InChI is InChI=1S/C13H14N2O3S/c14-9(13(17)18)5-8-7-3-1-2-4-10(7)15-12(8)11(16)6-19/h1-4,9,15,19H,5-6,14H2,(H,17,18)/t9-/m0/s1. The lowest BCUT2D eigenvalue weighted by atomic mass is 10.0. The number of thiol groups is 1. The molecule has 100 valence electrons. The van der Waals surface area contributed by atoms with Crippen LogP contribution in [0.2, 0.25) is 0 Å². The fourth-order valence-electron chi connectivity index (χ4n) is 2.04. The third kappa shape index (κ3) is 2.64. The van der Waals surface area contributed by atoms with Crippen LogP contribution in [0.5, 0.6) is 0 Å². The highest BCUT2D eigenvalue weighted by atomic mass is 32.1. The molecule has 4 N–H and O–H groups in total. The van der Waals surface area contributed by atoms with Gasteiger partial charge < -0.3 is 15.8 Å². The number of carboxylic acids is 1. The lowest BCUT2D eigenvalue weighted by Crippen LogP contribution is -2.32. The molecular formula is C13H14N2O3S. The van der Waals surface area contributed by atoms with Gasteiger partial charge in [-0.3, -0.25) is 9.59 Å². The number of aliphatic carboxylic acids is 1. The van der Waals surface area contributed by atoms with Gasteiger partial charge in [-0.1, -0.05) is 18.2 Å². The van der Waals surface area contributed by atoms with Crippen molar-refractivity contribution in [2.45, 2.75) is 12.5 Å². The Kier molecular flexibility index (Phi) is 3.92. The maximum absolute atomic E-state index is 11.9. The minimum absolute atomic E-state index is 0.0577. The predicted octanol–water partition coefficient (Wildman–Crippen LogP) is 1.23. The molecule has 1 heterocycles. The van der Waals surface area contributed by atoms with Gasteiger partial charge in [0.05, 0.1) is 11.4 Å². The average molecular weight is 278 g/mol. The number of benzene rings is 1. The highest BCUT2D eigenvalue weighted by Gasteiger charge is 2.21. The van der Waals surface area contributed by atoms with Crippen molar-refractivity contribution in [3.05, 3.63) is 35.5 Å². The Morgan fingerprint density at radius 2 is 2.05 bits per heavy atom. The van der Waals surface area contributed by atoms with Crippen molar-refractivity contribution >= 4 is 35.3 Å². The minimum atomic E-state index is -1.09. The topological polar surface area (TPSA) is 96.2 Å². The molecule has 0 spiro atoms. The van der Waals surface area contributed by atoms with Crippen molar-refractivity contribution < 1.29 is 14.7 Å². The number of nitrogens with two attached hydrogens (primary N) is 1. The van der Waals surface area contributed by atoms with Crippen LogP contribution in [-0.2, 0) is 11.2 Å². The van der Waals surface area contributed by atoms with Crippen LogP contribution in [0.25, 0.3) is 10.9 Å². The summed E-state index contributed by atoms with van der Waals surface area (Å²) in [5, 5.41) is 9.73. The number of para-hydroxylation sites is 1. The monoisotopic (exact) mass is 278 g/mol. The number of aromatic amines is 1. The fraction of sp³-hybridized carbons (Fsp3) is 0.231. The van der Waals surface area contributed by atoms with Crippen molar-refractivity contribution in [3.8, 4) is 0 Å². The molecule has 19 heavy (non-hydrogen) atoms. The van der Waals surface area contributed by atoms with Gasteiger partial charge in [0.15, 0.2) is 5.78 Å². The molecule has 0 unspecified atom stereocenters. The van der Waals surface area contributed by atoms with Crippen LogP contribution in [0, 0.1) is 0 Å². The van der Waals surface area contributed by atoms with Gasteiger partial charge in [-0.25, -0.2) is 0 Å². The normalized spacial score (nSPS) is 12.5. The summed E-state index contributed by atoms with van der Waals surface area (Å²) in [4.78, 5) is 25.7. The van der Waals surface area contributed by atoms with Crippen LogP contribution < -0.4 is 5.73 Å². The molecule has 2 aromatic rings. The van der Waals surface area contributed by atoms with E-state index in [1.807, 2.05) is 24.3 Å². The van der Waals surface area contributed by atoms with Crippen LogP contribution in [-0.4, -0.2) is 33.6 Å². The van der Waals surface area contributed by atoms with E-state index in [0.29, 0.717) is 11.3 Å². The zero-order valence-electron chi connectivity index (χ0n) is 10.1. The first kappa shape index (κ1) is 13.6. The van der Waals surface area contributed by atoms with Crippen molar-refractivity contribution in [1.82, 2.24) is 4.98 Å². The van der Waals surface area contributed by atoms with E-state index in [0.717, 1.165) is 10.9 Å². The maximum atomic E-state index is 11.9. The Balaban J connectivity index is 2.54. The molecule has 0 saturated heterocycles. The summed E-state index contributed by atoms with van der Waals surface area (Å²) in [5.74, 6) is -1.20. The number of ketones is 1. The van der Waals surface area contributed by atoms with E-state index in [9.17, 15) is 9.59 Å². The van der Waals surface area contributed by atoms with Gasteiger partial charge in [-0.2, -0.15) is 12.6 Å². The highest BCUT2D eigenvalue weighted by Crippen LogP contribution is 2.24. The number of aromatic nitrogens is 1. The molecule has 0 saturated carbocycles. The summed E-state index contributed by atoms with van der Waals surface area (Å²) in [6, 6.07) is 6.31. The molecule has 1 atom stereocenters. The number of rotatable bonds is 5. The molecule has 0 fully saturated rings. The summed E-state index contributed by atoms with van der Waals surface area (Å²) >= 11 is 3.97. The van der Waals surface area contributed by atoms with Crippen LogP contribution in [0.4, 0.5) is 0 Å². The third-order valence-corrected chi connectivity index (χ3v) is 3.26. The number of fused-ring (bicyclic) bond motifs is 1. The summed E-state index contributed by atoms with van der Waals surface area (Å²) in [6.07, 6.45) is 0.105. The van der Waals surface area contributed by atoms with E-state index in [4.69, 9.17) is 10.8 Å². The third-order valence-electron chi connectivity index (χ3n) is 2.98. The molecular weight excluding hydrogens is 264 g/mol. The predicted molar refractivity (Wildman–Crippen MR) is 75.8 cm³/mol. The Hall–Kier alpha value is -1.79. The second-order valence-corrected chi connectivity index (χ2v) is 4.57. The molecule has 1 aromatic heterocycles. The van der Waals surface area contributed by atoms with Gasteiger partial charge in [0, 0.05) is 17.3 Å². The molecule has 0 aliphatic carbocycles. The van der Waals surface area contributed by atoms with Crippen molar-refractivity contribution in [1.29, 1.82) is 0 Å². The number of nitrogens with one attached hydrogen (secondary N) is 1. The van der Waals surface area contributed by atoms with Crippen molar-refractivity contribution in [2.24, 2.45) is 5.73 Å². The zero-order valence-corrected chi connectivity index (χ0v) is 11.0. The van der Waals surface area contributed by atoms with E-state index >= 15 is 0 Å². The fourth-order valence-corrected chi connectivity index (χ4v) is 2.19. The van der Waals surface area contributed by atoms with Crippen LogP contribution in [0.1, 0.15) is 16.1 Å². The molecule has 6 heteroatoms. The Bertz CT molecular complexity index is 636. The van der Waals surface area contributed by atoms with Gasteiger partial charge in [0.25, 0.3) is 0 Å². The van der Waals surface area contributed by atoms with Gasteiger partial charge >= 0.3 is 5.97 Å². The van der Waals surface area contributed by atoms with E-state index in [2.05, 4.69) is 17.6 Å².